The van der Waals surface area contributed by atoms with Crippen LogP contribution in [0.1, 0.15) is 19.4 Å². The van der Waals surface area contributed by atoms with Crippen LogP contribution in [0.5, 0.6) is 0 Å². The van der Waals surface area contributed by atoms with Gasteiger partial charge in [-0.3, -0.25) is 9.59 Å². The summed E-state index contributed by atoms with van der Waals surface area (Å²) >= 11 is 0. The number of sulfonamides is 1. The molecule has 4 rings (SSSR count). The van der Waals surface area contributed by atoms with Gasteiger partial charge in [0, 0.05) is 36.3 Å². The zero-order chi connectivity index (χ0) is 25.2. The number of fused-ring (bicyclic) bond motifs is 1. The number of benzene rings is 2. The number of carbonyl (C=O) groups excluding carboxylic acids is 2. The first-order valence-electron chi connectivity index (χ1n) is 10.9. The first kappa shape index (κ1) is 24.1. The average molecular weight is 492 g/mol. The molecule has 0 spiro atoms. The highest BCUT2D eigenvalue weighted by atomic mass is 32.2. The Bertz CT molecular complexity index is 1490. The molecule has 1 atom stereocenters. The Morgan fingerprint density at radius 1 is 0.943 bits per heavy atom. The van der Waals surface area contributed by atoms with Crippen LogP contribution in [-0.4, -0.2) is 35.7 Å². The first-order chi connectivity index (χ1) is 16.6. The van der Waals surface area contributed by atoms with E-state index in [0.29, 0.717) is 11.4 Å². The predicted molar refractivity (Wildman–Crippen MR) is 135 cm³/mol. The van der Waals surface area contributed by atoms with Crippen LogP contribution in [0.2, 0.25) is 0 Å². The molecule has 0 aliphatic heterocycles. The van der Waals surface area contributed by atoms with Crippen molar-refractivity contribution in [1.29, 1.82) is 0 Å². The Balaban J connectivity index is 1.40. The number of rotatable bonds is 7. The van der Waals surface area contributed by atoms with Crippen LogP contribution in [-0.2, 0) is 19.6 Å². The molecule has 0 radical (unpaired) electrons. The molecule has 0 saturated carbocycles. The number of pyridine rings is 1. The van der Waals surface area contributed by atoms with Crippen LogP contribution in [0.4, 0.5) is 11.4 Å². The maximum atomic E-state index is 12.6. The summed E-state index contributed by atoms with van der Waals surface area (Å²) in [6, 6.07) is 15.8. The van der Waals surface area contributed by atoms with E-state index < -0.39 is 22.0 Å². The van der Waals surface area contributed by atoms with Gasteiger partial charge in [-0.05, 0) is 61.9 Å². The molecule has 0 unspecified atom stereocenters. The summed E-state index contributed by atoms with van der Waals surface area (Å²) in [4.78, 5) is 28.4. The van der Waals surface area contributed by atoms with Gasteiger partial charge in [0.25, 0.3) is 0 Å². The number of aryl methyl sites for hydroxylation is 1. The number of hydrogen-bond donors (Lipinski definition) is 3. The molecule has 10 heteroatoms. The number of amides is 2. The second kappa shape index (κ2) is 9.69. The standard InChI is InChI=1S/C25H25N5O4S/c1-16-5-4-14-30-15-23(28-24(16)30)19-6-8-21(9-7-19)27-25(32)17(2)29-35(33,34)22-12-10-20(11-13-22)26-18(3)31/h4-15,17,29H,1-3H3,(H,26,31)(H,27,32)/t17-/m0/s1. The summed E-state index contributed by atoms with van der Waals surface area (Å²) in [5.74, 6) is -0.759. The predicted octanol–water partition coefficient (Wildman–Crippen LogP) is 3.57. The van der Waals surface area contributed by atoms with Crippen LogP contribution in [0.25, 0.3) is 16.9 Å². The van der Waals surface area contributed by atoms with E-state index in [2.05, 4.69) is 20.3 Å². The molecular weight excluding hydrogens is 466 g/mol. The van der Waals surface area contributed by atoms with E-state index in [9.17, 15) is 18.0 Å². The molecule has 0 fully saturated rings. The van der Waals surface area contributed by atoms with E-state index in [1.165, 1.54) is 38.1 Å². The monoisotopic (exact) mass is 491 g/mol. The summed E-state index contributed by atoms with van der Waals surface area (Å²) < 4.78 is 29.6. The molecule has 0 aliphatic rings. The Labute approximate surface area is 203 Å². The van der Waals surface area contributed by atoms with Gasteiger partial charge in [0.1, 0.15) is 5.65 Å². The van der Waals surface area contributed by atoms with Gasteiger partial charge < -0.3 is 15.0 Å². The number of nitrogens with zero attached hydrogens (tertiary/aromatic N) is 2. The van der Waals surface area contributed by atoms with Gasteiger partial charge >= 0.3 is 0 Å². The van der Waals surface area contributed by atoms with Gasteiger partial charge in [-0.2, -0.15) is 4.72 Å². The minimum Gasteiger partial charge on any atom is -0.326 e. The minimum absolute atomic E-state index is 0.0155. The van der Waals surface area contributed by atoms with Crippen LogP contribution in [0.15, 0.2) is 78.0 Å². The largest absolute Gasteiger partial charge is 0.326 e. The third-order valence-electron chi connectivity index (χ3n) is 5.34. The van der Waals surface area contributed by atoms with Crippen molar-refractivity contribution >= 4 is 38.9 Å². The summed E-state index contributed by atoms with van der Waals surface area (Å²) in [7, 11) is -3.94. The third kappa shape index (κ3) is 5.56. The molecule has 0 aliphatic carbocycles. The fourth-order valence-corrected chi connectivity index (χ4v) is 4.75. The number of anilines is 2. The average Bonchev–Trinajstić information content (AvgIpc) is 3.25. The first-order valence-corrected chi connectivity index (χ1v) is 12.4. The summed E-state index contributed by atoms with van der Waals surface area (Å²) in [6.45, 7) is 4.83. The van der Waals surface area contributed by atoms with Crippen molar-refractivity contribution < 1.29 is 18.0 Å². The van der Waals surface area contributed by atoms with E-state index in [1.807, 2.05) is 48.0 Å². The van der Waals surface area contributed by atoms with Crippen molar-refractivity contribution in [3.8, 4) is 11.3 Å². The van der Waals surface area contributed by atoms with Crippen molar-refractivity contribution in [3.63, 3.8) is 0 Å². The fraction of sp³-hybridized carbons (Fsp3) is 0.160. The highest BCUT2D eigenvalue weighted by molar-refractivity contribution is 7.89. The minimum atomic E-state index is -3.94. The van der Waals surface area contributed by atoms with E-state index >= 15 is 0 Å². The lowest BCUT2D eigenvalue weighted by molar-refractivity contribution is -0.117. The maximum Gasteiger partial charge on any atom is 0.242 e. The highest BCUT2D eigenvalue weighted by Crippen LogP contribution is 2.22. The molecule has 9 nitrogen and oxygen atoms in total. The fourth-order valence-electron chi connectivity index (χ4n) is 3.54. The summed E-state index contributed by atoms with van der Waals surface area (Å²) in [5.41, 5.74) is 4.66. The Hall–Kier alpha value is -4.02. The number of hydrogen-bond acceptors (Lipinski definition) is 5. The van der Waals surface area contributed by atoms with Gasteiger partial charge in [-0.25, -0.2) is 13.4 Å². The van der Waals surface area contributed by atoms with Crippen molar-refractivity contribution in [2.45, 2.75) is 31.7 Å². The van der Waals surface area contributed by atoms with Crippen LogP contribution >= 0.6 is 0 Å². The van der Waals surface area contributed by atoms with Crippen molar-refractivity contribution in [1.82, 2.24) is 14.1 Å². The lowest BCUT2D eigenvalue weighted by Gasteiger charge is -2.15. The van der Waals surface area contributed by atoms with Crippen molar-refractivity contribution in [2.75, 3.05) is 10.6 Å². The topological polar surface area (TPSA) is 122 Å². The number of aromatic nitrogens is 2. The van der Waals surface area contributed by atoms with Gasteiger partial charge in [-0.1, -0.05) is 18.2 Å². The molecule has 3 N–H and O–H groups in total. The lowest BCUT2D eigenvalue weighted by atomic mass is 10.1. The SMILES string of the molecule is CC(=O)Nc1ccc(S(=O)(=O)N[C@@H](C)C(=O)Nc2ccc(-c3cn4cccc(C)c4n3)cc2)cc1. The normalized spacial score (nSPS) is 12.3. The molecule has 4 aromatic rings. The molecule has 0 saturated heterocycles. The summed E-state index contributed by atoms with van der Waals surface area (Å²) in [5, 5.41) is 5.29. The molecule has 2 heterocycles. The smallest absolute Gasteiger partial charge is 0.242 e. The zero-order valence-corrected chi connectivity index (χ0v) is 20.3. The van der Waals surface area contributed by atoms with Crippen LogP contribution in [0, 0.1) is 6.92 Å². The van der Waals surface area contributed by atoms with Gasteiger partial charge in [0.15, 0.2) is 0 Å². The van der Waals surface area contributed by atoms with Crippen LogP contribution in [0.3, 0.4) is 0 Å². The third-order valence-corrected chi connectivity index (χ3v) is 6.89. The van der Waals surface area contributed by atoms with Crippen LogP contribution < -0.4 is 15.4 Å². The molecule has 2 aromatic heterocycles. The molecule has 0 bridgehead atoms. The lowest BCUT2D eigenvalue weighted by Crippen LogP contribution is -2.41. The molecule has 2 amide bonds. The Morgan fingerprint density at radius 2 is 1.57 bits per heavy atom. The molecule has 180 valence electrons. The van der Waals surface area contributed by atoms with E-state index in [4.69, 9.17) is 0 Å². The van der Waals surface area contributed by atoms with Crippen molar-refractivity contribution in [2.24, 2.45) is 0 Å². The second-order valence-corrected chi connectivity index (χ2v) is 9.88. The second-order valence-electron chi connectivity index (χ2n) is 8.16. The molecule has 2 aromatic carbocycles. The number of carbonyl (C=O) groups is 2. The van der Waals surface area contributed by atoms with Gasteiger partial charge in [0.05, 0.1) is 16.6 Å². The maximum absolute atomic E-state index is 12.6. The van der Waals surface area contributed by atoms with E-state index in [1.54, 1.807) is 12.1 Å². The quantitative estimate of drug-likeness (QED) is 0.365. The Kier molecular flexibility index (Phi) is 6.68. The van der Waals surface area contributed by atoms with E-state index in [-0.39, 0.29) is 10.8 Å². The zero-order valence-electron chi connectivity index (χ0n) is 19.4. The molecule has 35 heavy (non-hydrogen) atoms. The Morgan fingerprint density at radius 3 is 2.20 bits per heavy atom. The summed E-state index contributed by atoms with van der Waals surface area (Å²) in [6.07, 6.45) is 3.88. The number of nitrogens with one attached hydrogen (secondary N) is 3. The van der Waals surface area contributed by atoms with Gasteiger partial charge in [0.2, 0.25) is 21.8 Å². The highest BCUT2D eigenvalue weighted by Gasteiger charge is 2.22. The molecular formula is C25H25N5O4S. The van der Waals surface area contributed by atoms with Gasteiger partial charge in [-0.15, -0.1) is 0 Å². The van der Waals surface area contributed by atoms with Crippen molar-refractivity contribution in [3.05, 3.63) is 78.6 Å². The number of imidazole rings is 1. The van der Waals surface area contributed by atoms with E-state index in [0.717, 1.165) is 22.5 Å².